The Labute approximate surface area is 78.7 Å². The van der Waals surface area contributed by atoms with E-state index in [0.717, 1.165) is 16.8 Å². The molecule has 0 saturated carbocycles. The van der Waals surface area contributed by atoms with E-state index in [-0.39, 0.29) is 0 Å². The minimum Gasteiger partial charge on any atom is -0.324 e. The molecule has 1 aromatic carbocycles. The third kappa shape index (κ3) is 2.76. The van der Waals surface area contributed by atoms with Crippen molar-refractivity contribution in [3.63, 3.8) is 0 Å². The summed E-state index contributed by atoms with van der Waals surface area (Å²) in [6.45, 7) is 5.73. The predicted octanol–water partition coefficient (Wildman–Crippen LogP) is 2.07. The van der Waals surface area contributed by atoms with Crippen LogP contribution in [0, 0.1) is 0 Å². The second-order valence-corrected chi connectivity index (χ2v) is 2.91. The molecule has 2 heteroatoms. The minimum absolute atomic E-state index is 0.883. The molecule has 0 unspecified atom stereocenters. The lowest BCUT2D eigenvalue weighted by molar-refractivity contribution is 0.990. The molecule has 13 heavy (non-hydrogen) atoms. The van der Waals surface area contributed by atoms with Gasteiger partial charge in [0.1, 0.15) is 0 Å². The van der Waals surface area contributed by atoms with E-state index >= 15 is 0 Å². The van der Waals surface area contributed by atoms with Crippen molar-refractivity contribution in [1.29, 1.82) is 0 Å². The molecule has 0 spiro atoms. The molecule has 3 N–H and O–H groups in total. The fraction of sp³-hybridized carbons (Fsp3) is 0.0909. The quantitative estimate of drug-likeness (QED) is 0.418. The molecule has 0 aliphatic rings. The molecular formula is C11H14N2. The van der Waals surface area contributed by atoms with Gasteiger partial charge in [-0.05, 0) is 18.6 Å². The van der Waals surface area contributed by atoms with Crippen LogP contribution >= 0.6 is 0 Å². The zero-order chi connectivity index (χ0) is 9.68. The minimum atomic E-state index is 0.883. The van der Waals surface area contributed by atoms with Crippen molar-refractivity contribution in [3.05, 3.63) is 54.1 Å². The number of hydrogen-bond acceptors (Lipinski definition) is 2. The Kier molecular flexibility index (Phi) is 3.29. The lowest BCUT2D eigenvalue weighted by Crippen LogP contribution is -2.19. The molecule has 0 aromatic heterocycles. The Morgan fingerprint density at radius 3 is 2.46 bits per heavy atom. The number of nitrogens with two attached hydrogens (primary N) is 1. The molecule has 0 amide bonds. The van der Waals surface area contributed by atoms with Gasteiger partial charge in [0.2, 0.25) is 0 Å². The van der Waals surface area contributed by atoms with Gasteiger partial charge in [0.05, 0.1) is 5.70 Å². The van der Waals surface area contributed by atoms with Crippen LogP contribution in [-0.4, -0.2) is 0 Å². The van der Waals surface area contributed by atoms with E-state index in [1.165, 1.54) is 0 Å². The summed E-state index contributed by atoms with van der Waals surface area (Å²) in [4.78, 5) is 0. The van der Waals surface area contributed by atoms with E-state index in [1.807, 2.05) is 43.3 Å². The first-order valence-corrected chi connectivity index (χ1v) is 4.13. The number of nitrogens with one attached hydrogen (secondary N) is 1. The van der Waals surface area contributed by atoms with Crippen LogP contribution in [0.5, 0.6) is 0 Å². The van der Waals surface area contributed by atoms with Gasteiger partial charge in [-0.1, -0.05) is 42.5 Å². The highest BCUT2D eigenvalue weighted by atomic mass is 15.2. The second-order valence-electron chi connectivity index (χ2n) is 2.91. The topological polar surface area (TPSA) is 38.0 Å². The Balaban J connectivity index is 2.98. The lowest BCUT2D eigenvalue weighted by Gasteiger charge is -2.06. The van der Waals surface area contributed by atoms with Crippen LogP contribution in [0.25, 0.3) is 5.70 Å². The summed E-state index contributed by atoms with van der Waals surface area (Å²) in [6, 6.07) is 9.90. The van der Waals surface area contributed by atoms with Crippen LogP contribution in [0.1, 0.15) is 12.5 Å². The largest absolute Gasteiger partial charge is 0.324 e. The zero-order valence-corrected chi connectivity index (χ0v) is 7.75. The molecule has 0 radical (unpaired) electrons. The summed E-state index contributed by atoms with van der Waals surface area (Å²) < 4.78 is 0. The van der Waals surface area contributed by atoms with Crippen molar-refractivity contribution >= 4 is 5.70 Å². The van der Waals surface area contributed by atoms with Crippen molar-refractivity contribution in [1.82, 2.24) is 5.43 Å². The van der Waals surface area contributed by atoms with Crippen molar-refractivity contribution in [3.8, 4) is 0 Å². The van der Waals surface area contributed by atoms with Crippen LogP contribution in [0.2, 0.25) is 0 Å². The highest BCUT2D eigenvalue weighted by Crippen LogP contribution is 2.11. The van der Waals surface area contributed by atoms with Gasteiger partial charge in [0.15, 0.2) is 0 Å². The summed E-state index contributed by atoms with van der Waals surface area (Å²) >= 11 is 0. The van der Waals surface area contributed by atoms with E-state index in [0.29, 0.717) is 0 Å². The average Bonchev–Trinajstić information content (AvgIpc) is 2.15. The summed E-state index contributed by atoms with van der Waals surface area (Å²) in [5, 5.41) is 0. The highest BCUT2D eigenvalue weighted by Gasteiger charge is 1.96. The smallest absolute Gasteiger partial charge is 0.0559 e. The summed E-state index contributed by atoms with van der Waals surface area (Å²) in [7, 11) is 0. The van der Waals surface area contributed by atoms with Crippen molar-refractivity contribution in [2.24, 2.45) is 5.84 Å². The lowest BCUT2D eigenvalue weighted by atomic mass is 10.1. The summed E-state index contributed by atoms with van der Waals surface area (Å²) in [6.07, 6.45) is 1.91. The van der Waals surface area contributed by atoms with E-state index in [1.54, 1.807) is 0 Å². The maximum absolute atomic E-state index is 5.39. The van der Waals surface area contributed by atoms with Crippen LogP contribution in [0.4, 0.5) is 0 Å². The maximum Gasteiger partial charge on any atom is 0.0559 e. The van der Waals surface area contributed by atoms with Gasteiger partial charge in [-0.15, -0.1) is 0 Å². The maximum atomic E-state index is 5.39. The SMILES string of the molecule is C=C(C)/C=C(\NN)c1ccccc1. The van der Waals surface area contributed by atoms with Gasteiger partial charge >= 0.3 is 0 Å². The number of hydrogen-bond donors (Lipinski definition) is 2. The third-order valence-electron chi connectivity index (χ3n) is 1.63. The predicted molar refractivity (Wildman–Crippen MR) is 56.6 cm³/mol. The molecule has 1 rings (SSSR count). The number of rotatable bonds is 3. The standard InChI is InChI=1S/C11H14N2/c1-9(2)8-11(13-12)10-6-4-3-5-7-10/h3-8,13H,1,12H2,2H3/b11-8-. The Morgan fingerprint density at radius 2 is 2.00 bits per heavy atom. The average molecular weight is 174 g/mol. The van der Waals surface area contributed by atoms with Gasteiger partial charge in [0, 0.05) is 0 Å². The van der Waals surface area contributed by atoms with Gasteiger partial charge in [0.25, 0.3) is 0 Å². The molecule has 1 aromatic rings. The van der Waals surface area contributed by atoms with Gasteiger partial charge in [-0.3, -0.25) is 5.84 Å². The number of benzene rings is 1. The molecule has 0 aliphatic carbocycles. The number of hydrazine groups is 1. The summed E-state index contributed by atoms with van der Waals surface area (Å²) in [5.74, 6) is 5.39. The fourth-order valence-corrected chi connectivity index (χ4v) is 1.07. The molecule has 0 bridgehead atoms. The monoisotopic (exact) mass is 174 g/mol. The van der Waals surface area contributed by atoms with E-state index in [4.69, 9.17) is 5.84 Å². The normalized spacial score (nSPS) is 11.1. The Morgan fingerprint density at radius 1 is 1.38 bits per heavy atom. The third-order valence-corrected chi connectivity index (χ3v) is 1.63. The molecule has 0 saturated heterocycles. The van der Waals surface area contributed by atoms with Crippen molar-refractivity contribution in [2.45, 2.75) is 6.92 Å². The van der Waals surface area contributed by atoms with Gasteiger partial charge in [-0.25, -0.2) is 0 Å². The van der Waals surface area contributed by atoms with Crippen LogP contribution in [0.15, 0.2) is 48.6 Å². The molecule has 0 heterocycles. The van der Waals surface area contributed by atoms with Gasteiger partial charge < -0.3 is 5.43 Å². The van der Waals surface area contributed by atoms with Crippen LogP contribution in [-0.2, 0) is 0 Å². The van der Waals surface area contributed by atoms with E-state index < -0.39 is 0 Å². The van der Waals surface area contributed by atoms with Crippen LogP contribution < -0.4 is 11.3 Å². The Bertz CT molecular complexity index is 312. The first-order chi connectivity index (χ1) is 6.24. The zero-order valence-electron chi connectivity index (χ0n) is 7.75. The fourth-order valence-electron chi connectivity index (χ4n) is 1.07. The molecular weight excluding hydrogens is 160 g/mol. The van der Waals surface area contributed by atoms with Crippen molar-refractivity contribution in [2.75, 3.05) is 0 Å². The molecule has 2 nitrogen and oxygen atoms in total. The summed E-state index contributed by atoms with van der Waals surface area (Å²) in [5.41, 5.74) is 5.56. The Hall–Kier alpha value is -1.54. The molecule has 0 atom stereocenters. The molecule has 0 aliphatic heterocycles. The number of allylic oxidation sites excluding steroid dienone is 2. The van der Waals surface area contributed by atoms with Crippen LogP contribution in [0.3, 0.4) is 0 Å². The van der Waals surface area contributed by atoms with E-state index in [2.05, 4.69) is 12.0 Å². The first kappa shape index (κ1) is 9.55. The molecule has 0 fully saturated rings. The molecule has 68 valence electrons. The van der Waals surface area contributed by atoms with E-state index in [9.17, 15) is 0 Å². The second kappa shape index (κ2) is 4.48. The first-order valence-electron chi connectivity index (χ1n) is 4.13. The highest BCUT2D eigenvalue weighted by molar-refractivity contribution is 5.65. The van der Waals surface area contributed by atoms with Gasteiger partial charge in [-0.2, -0.15) is 0 Å². The van der Waals surface area contributed by atoms with Crippen molar-refractivity contribution < 1.29 is 0 Å².